The lowest BCUT2D eigenvalue weighted by atomic mass is 9.78. The molecule has 0 saturated heterocycles. The summed E-state index contributed by atoms with van der Waals surface area (Å²) < 4.78 is 5.69. The van der Waals surface area contributed by atoms with E-state index in [0.29, 0.717) is 5.92 Å². The molecule has 2 aliphatic carbocycles. The van der Waals surface area contributed by atoms with E-state index in [1.54, 1.807) is 0 Å². The standard InChI is InChI=1S/C16H27N3O/c1-12(2)11-15(7-3-4-8-15)14-18-13(19-20-14)16(17)9-5-6-10-16/h12H,3-11,17H2,1-2H3. The number of rotatable bonds is 4. The molecule has 20 heavy (non-hydrogen) atoms. The Morgan fingerprint density at radius 2 is 1.70 bits per heavy atom. The average molecular weight is 277 g/mol. The molecule has 2 N–H and O–H groups in total. The summed E-state index contributed by atoms with van der Waals surface area (Å²) in [5, 5.41) is 4.26. The lowest BCUT2D eigenvalue weighted by Crippen LogP contribution is -2.34. The number of hydrogen-bond acceptors (Lipinski definition) is 4. The molecule has 0 amide bonds. The van der Waals surface area contributed by atoms with Crippen LogP contribution in [0.3, 0.4) is 0 Å². The molecule has 0 unspecified atom stereocenters. The molecule has 0 atom stereocenters. The van der Waals surface area contributed by atoms with Crippen molar-refractivity contribution in [1.82, 2.24) is 10.1 Å². The first kappa shape index (κ1) is 14.1. The van der Waals surface area contributed by atoms with Gasteiger partial charge in [-0.15, -0.1) is 0 Å². The molecule has 1 aromatic heterocycles. The minimum Gasteiger partial charge on any atom is -0.339 e. The Labute approximate surface area is 121 Å². The van der Waals surface area contributed by atoms with E-state index in [-0.39, 0.29) is 11.0 Å². The molecule has 1 heterocycles. The van der Waals surface area contributed by atoms with Gasteiger partial charge in [0.25, 0.3) is 0 Å². The van der Waals surface area contributed by atoms with Crippen LogP contribution in [-0.4, -0.2) is 10.1 Å². The van der Waals surface area contributed by atoms with Crippen molar-refractivity contribution >= 4 is 0 Å². The van der Waals surface area contributed by atoms with Gasteiger partial charge in [0.2, 0.25) is 5.89 Å². The summed E-state index contributed by atoms with van der Waals surface area (Å²) in [5.41, 5.74) is 6.24. The third kappa shape index (κ3) is 2.39. The van der Waals surface area contributed by atoms with E-state index < -0.39 is 0 Å². The summed E-state index contributed by atoms with van der Waals surface area (Å²) in [6, 6.07) is 0. The van der Waals surface area contributed by atoms with Crippen molar-refractivity contribution in [3.05, 3.63) is 11.7 Å². The molecule has 2 fully saturated rings. The van der Waals surface area contributed by atoms with Gasteiger partial charge in [0.05, 0.1) is 5.54 Å². The van der Waals surface area contributed by atoms with Gasteiger partial charge in [-0.25, -0.2) is 0 Å². The normalized spacial score (nSPS) is 24.6. The summed E-state index contributed by atoms with van der Waals surface area (Å²) in [4.78, 5) is 4.77. The van der Waals surface area contributed by atoms with E-state index in [1.807, 2.05) is 0 Å². The highest BCUT2D eigenvalue weighted by atomic mass is 16.5. The minimum atomic E-state index is -0.334. The number of hydrogen-bond donors (Lipinski definition) is 1. The maximum absolute atomic E-state index is 6.45. The third-order valence-corrected chi connectivity index (χ3v) is 5.18. The molecule has 4 heteroatoms. The van der Waals surface area contributed by atoms with E-state index >= 15 is 0 Å². The van der Waals surface area contributed by atoms with Crippen molar-refractivity contribution in [3.8, 4) is 0 Å². The zero-order chi connectivity index (χ0) is 14.2. The molecular formula is C16H27N3O. The maximum Gasteiger partial charge on any atom is 0.232 e. The monoisotopic (exact) mass is 277 g/mol. The van der Waals surface area contributed by atoms with Crippen LogP contribution < -0.4 is 5.73 Å². The average Bonchev–Trinajstić information content (AvgIpc) is 3.07. The van der Waals surface area contributed by atoms with Crippen molar-refractivity contribution < 1.29 is 4.52 Å². The van der Waals surface area contributed by atoms with Gasteiger partial charge in [0.15, 0.2) is 5.82 Å². The molecule has 112 valence electrons. The van der Waals surface area contributed by atoms with Crippen molar-refractivity contribution in [2.45, 2.75) is 82.6 Å². The summed E-state index contributed by atoms with van der Waals surface area (Å²) >= 11 is 0. The van der Waals surface area contributed by atoms with Crippen LogP contribution in [0, 0.1) is 5.92 Å². The van der Waals surface area contributed by atoms with Gasteiger partial charge in [-0.2, -0.15) is 4.98 Å². The Kier molecular flexibility index (Phi) is 3.61. The second kappa shape index (κ2) is 5.14. The predicted octanol–water partition coefficient (Wildman–Crippen LogP) is 3.66. The van der Waals surface area contributed by atoms with Crippen LogP contribution in [0.25, 0.3) is 0 Å². The maximum atomic E-state index is 6.45. The first-order valence-corrected chi connectivity index (χ1v) is 8.18. The second-order valence-electron chi connectivity index (χ2n) is 7.37. The van der Waals surface area contributed by atoms with Crippen LogP contribution >= 0.6 is 0 Å². The van der Waals surface area contributed by atoms with Crippen molar-refractivity contribution in [3.63, 3.8) is 0 Å². The smallest absolute Gasteiger partial charge is 0.232 e. The van der Waals surface area contributed by atoms with Gasteiger partial charge < -0.3 is 10.3 Å². The first-order chi connectivity index (χ1) is 9.54. The fourth-order valence-corrected chi connectivity index (χ4v) is 4.21. The third-order valence-electron chi connectivity index (χ3n) is 5.18. The first-order valence-electron chi connectivity index (χ1n) is 8.18. The van der Waals surface area contributed by atoms with Crippen LogP contribution in [0.4, 0.5) is 0 Å². The predicted molar refractivity (Wildman–Crippen MR) is 78.2 cm³/mol. The molecule has 0 spiro atoms. The fraction of sp³-hybridized carbons (Fsp3) is 0.875. The highest BCUT2D eigenvalue weighted by Crippen LogP contribution is 2.45. The zero-order valence-electron chi connectivity index (χ0n) is 12.8. The van der Waals surface area contributed by atoms with E-state index in [1.165, 1.54) is 38.5 Å². The highest BCUT2D eigenvalue weighted by molar-refractivity contribution is 5.13. The molecule has 2 saturated carbocycles. The summed E-state index contributed by atoms with van der Waals surface area (Å²) in [6.45, 7) is 4.55. The van der Waals surface area contributed by atoms with Gasteiger partial charge in [-0.1, -0.05) is 44.7 Å². The van der Waals surface area contributed by atoms with Crippen LogP contribution in [0.15, 0.2) is 4.52 Å². The SMILES string of the molecule is CC(C)CC1(c2nc(C3(N)CCCC3)no2)CCCC1. The second-order valence-corrected chi connectivity index (χ2v) is 7.37. The Hall–Kier alpha value is -0.900. The molecule has 2 aliphatic rings. The largest absolute Gasteiger partial charge is 0.339 e. The highest BCUT2D eigenvalue weighted by Gasteiger charge is 2.43. The number of nitrogens with zero attached hydrogens (tertiary/aromatic N) is 2. The van der Waals surface area contributed by atoms with E-state index in [4.69, 9.17) is 15.2 Å². The summed E-state index contributed by atoms with van der Waals surface area (Å²) in [7, 11) is 0. The van der Waals surface area contributed by atoms with Crippen LogP contribution in [0.2, 0.25) is 0 Å². The van der Waals surface area contributed by atoms with Crippen molar-refractivity contribution in [1.29, 1.82) is 0 Å². The molecule has 0 radical (unpaired) electrons. The van der Waals surface area contributed by atoms with Crippen LogP contribution in [-0.2, 0) is 11.0 Å². The molecule has 3 rings (SSSR count). The van der Waals surface area contributed by atoms with E-state index in [0.717, 1.165) is 31.0 Å². The van der Waals surface area contributed by atoms with Crippen LogP contribution in [0.5, 0.6) is 0 Å². The van der Waals surface area contributed by atoms with Gasteiger partial charge in [-0.05, 0) is 38.0 Å². The Morgan fingerprint density at radius 3 is 2.30 bits per heavy atom. The Balaban J connectivity index is 1.87. The van der Waals surface area contributed by atoms with Gasteiger partial charge >= 0.3 is 0 Å². The molecule has 0 bridgehead atoms. The molecule has 0 aromatic carbocycles. The van der Waals surface area contributed by atoms with E-state index in [9.17, 15) is 0 Å². The van der Waals surface area contributed by atoms with Crippen LogP contribution in [0.1, 0.15) is 83.3 Å². The van der Waals surface area contributed by atoms with Crippen molar-refractivity contribution in [2.75, 3.05) is 0 Å². The molecule has 4 nitrogen and oxygen atoms in total. The van der Waals surface area contributed by atoms with Gasteiger partial charge in [0, 0.05) is 5.41 Å². The zero-order valence-corrected chi connectivity index (χ0v) is 12.8. The van der Waals surface area contributed by atoms with Gasteiger partial charge in [0.1, 0.15) is 0 Å². The fourth-order valence-electron chi connectivity index (χ4n) is 4.21. The number of aromatic nitrogens is 2. The quantitative estimate of drug-likeness (QED) is 0.912. The van der Waals surface area contributed by atoms with Crippen molar-refractivity contribution in [2.24, 2.45) is 11.7 Å². The lowest BCUT2D eigenvalue weighted by molar-refractivity contribution is 0.242. The Bertz CT molecular complexity index is 454. The summed E-state index contributed by atoms with van der Waals surface area (Å²) in [5.74, 6) is 2.26. The van der Waals surface area contributed by atoms with E-state index in [2.05, 4.69) is 19.0 Å². The molecule has 0 aliphatic heterocycles. The molecular weight excluding hydrogens is 250 g/mol. The summed E-state index contributed by atoms with van der Waals surface area (Å²) in [6.07, 6.45) is 10.4. The number of nitrogens with two attached hydrogens (primary N) is 1. The minimum absolute atomic E-state index is 0.119. The Morgan fingerprint density at radius 1 is 1.10 bits per heavy atom. The lowest BCUT2D eigenvalue weighted by Gasteiger charge is -2.26. The van der Waals surface area contributed by atoms with Gasteiger partial charge in [-0.3, -0.25) is 0 Å². The molecule has 1 aromatic rings. The topological polar surface area (TPSA) is 64.9 Å².